The molecule has 0 saturated carbocycles. The minimum absolute atomic E-state index is 0.580. The third kappa shape index (κ3) is 2.74. The molecule has 1 unspecified atom stereocenters. The van der Waals surface area contributed by atoms with Crippen molar-refractivity contribution < 1.29 is 4.74 Å². The maximum absolute atomic E-state index is 5.38. The van der Waals surface area contributed by atoms with Gasteiger partial charge >= 0.3 is 0 Å². The van der Waals surface area contributed by atoms with E-state index in [1.165, 1.54) is 24.9 Å². The zero-order valence-electron chi connectivity index (χ0n) is 11.7. The molecule has 1 atom stereocenters. The van der Waals surface area contributed by atoms with E-state index < -0.39 is 0 Å². The van der Waals surface area contributed by atoms with Crippen LogP contribution in [0.2, 0.25) is 0 Å². The summed E-state index contributed by atoms with van der Waals surface area (Å²) in [6.45, 7) is 8.15. The summed E-state index contributed by atoms with van der Waals surface area (Å²) in [6.07, 6.45) is 4.65. The molecule has 104 valence electrons. The maximum atomic E-state index is 5.38. The molecule has 0 aromatic carbocycles. The smallest absolute Gasteiger partial charge is 0.128 e. The van der Waals surface area contributed by atoms with Crippen molar-refractivity contribution in [3.05, 3.63) is 23.9 Å². The maximum Gasteiger partial charge on any atom is 0.128 e. The monoisotopic (exact) mass is 261 g/mol. The number of ether oxygens (including phenoxy) is 1. The summed E-state index contributed by atoms with van der Waals surface area (Å²) in [5.74, 6) is 1.09. The molecule has 3 rings (SSSR count). The minimum Gasteiger partial charge on any atom is -0.378 e. The lowest BCUT2D eigenvalue weighted by atomic mass is 10.1. The van der Waals surface area contributed by atoms with Crippen LogP contribution in [0.1, 0.15) is 31.4 Å². The van der Waals surface area contributed by atoms with Gasteiger partial charge in [-0.3, -0.25) is 4.90 Å². The van der Waals surface area contributed by atoms with Crippen LogP contribution < -0.4 is 4.90 Å². The Balaban J connectivity index is 1.71. The highest BCUT2D eigenvalue weighted by Gasteiger charge is 2.24. The highest BCUT2D eigenvalue weighted by molar-refractivity contribution is 5.40. The second-order valence-electron chi connectivity index (χ2n) is 5.34. The van der Waals surface area contributed by atoms with Gasteiger partial charge in [-0.05, 0) is 37.6 Å². The molecule has 4 heteroatoms. The van der Waals surface area contributed by atoms with Gasteiger partial charge in [0.05, 0.1) is 13.2 Å². The summed E-state index contributed by atoms with van der Waals surface area (Å²) in [7, 11) is 0. The van der Waals surface area contributed by atoms with Crippen molar-refractivity contribution in [1.82, 2.24) is 9.88 Å². The quantitative estimate of drug-likeness (QED) is 0.833. The minimum atomic E-state index is 0.580. The SMILES string of the molecule is CCN1CCCC1c1ccc(N2CCOCC2)nc1. The van der Waals surface area contributed by atoms with Crippen LogP contribution >= 0.6 is 0 Å². The number of hydrogen-bond acceptors (Lipinski definition) is 4. The van der Waals surface area contributed by atoms with Gasteiger partial charge in [0.25, 0.3) is 0 Å². The van der Waals surface area contributed by atoms with Crippen molar-refractivity contribution >= 4 is 5.82 Å². The molecule has 0 spiro atoms. The van der Waals surface area contributed by atoms with Gasteiger partial charge in [-0.2, -0.15) is 0 Å². The largest absolute Gasteiger partial charge is 0.378 e. The van der Waals surface area contributed by atoms with Crippen LogP contribution in [0.5, 0.6) is 0 Å². The third-order valence-electron chi connectivity index (χ3n) is 4.26. The normalized spacial score (nSPS) is 24.9. The molecule has 0 amide bonds. The van der Waals surface area contributed by atoms with E-state index in [1.807, 2.05) is 0 Å². The first-order chi connectivity index (χ1) is 9.38. The van der Waals surface area contributed by atoms with Crippen molar-refractivity contribution in [1.29, 1.82) is 0 Å². The number of morpholine rings is 1. The Morgan fingerprint density at radius 2 is 2.11 bits per heavy atom. The van der Waals surface area contributed by atoms with Gasteiger partial charge in [-0.15, -0.1) is 0 Å². The molecule has 0 radical (unpaired) electrons. The average Bonchev–Trinajstić information content (AvgIpc) is 2.97. The Kier molecular flexibility index (Phi) is 3.99. The van der Waals surface area contributed by atoms with Crippen LogP contribution in [0.25, 0.3) is 0 Å². The molecule has 2 saturated heterocycles. The number of aromatic nitrogens is 1. The third-order valence-corrected chi connectivity index (χ3v) is 4.26. The van der Waals surface area contributed by atoms with Gasteiger partial charge in [0.1, 0.15) is 5.82 Å². The molecule has 1 aromatic rings. The van der Waals surface area contributed by atoms with Gasteiger partial charge in [0.15, 0.2) is 0 Å². The molecule has 0 bridgehead atoms. The fourth-order valence-electron chi connectivity index (χ4n) is 3.16. The van der Waals surface area contributed by atoms with Crippen molar-refractivity contribution in [2.45, 2.75) is 25.8 Å². The lowest BCUT2D eigenvalue weighted by Crippen LogP contribution is -2.36. The Morgan fingerprint density at radius 1 is 1.26 bits per heavy atom. The molecule has 0 N–H and O–H groups in total. The Hall–Kier alpha value is -1.13. The lowest BCUT2D eigenvalue weighted by Gasteiger charge is -2.28. The first-order valence-corrected chi connectivity index (χ1v) is 7.41. The fraction of sp³-hybridized carbons (Fsp3) is 0.667. The van der Waals surface area contributed by atoms with Crippen LogP contribution in [0.4, 0.5) is 5.82 Å². The molecule has 2 aliphatic heterocycles. The standard InChI is InChI=1S/C15H23N3O/c1-2-17-7-3-4-14(17)13-5-6-15(16-12-13)18-8-10-19-11-9-18/h5-6,12,14H,2-4,7-11H2,1H3. The lowest BCUT2D eigenvalue weighted by molar-refractivity contribution is 0.122. The summed E-state index contributed by atoms with van der Waals surface area (Å²) in [6, 6.07) is 5.01. The first-order valence-electron chi connectivity index (χ1n) is 7.41. The highest BCUT2D eigenvalue weighted by Crippen LogP contribution is 2.31. The summed E-state index contributed by atoms with van der Waals surface area (Å²) >= 11 is 0. The van der Waals surface area contributed by atoms with E-state index in [0.717, 1.165) is 38.7 Å². The van der Waals surface area contributed by atoms with Gasteiger partial charge in [0, 0.05) is 25.3 Å². The van der Waals surface area contributed by atoms with E-state index >= 15 is 0 Å². The van der Waals surface area contributed by atoms with Crippen LogP contribution in [-0.4, -0.2) is 49.3 Å². The second-order valence-corrected chi connectivity index (χ2v) is 5.34. The van der Waals surface area contributed by atoms with Crippen molar-refractivity contribution in [3.8, 4) is 0 Å². The number of hydrogen-bond donors (Lipinski definition) is 0. The number of rotatable bonds is 3. The molecule has 2 aliphatic rings. The van der Waals surface area contributed by atoms with Gasteiger partial charge in [0.2, 0.25) is 0 Å². The number of nitrogens with zero attached hydrogens (tertiary/aromatic N) is 3. The predicted octanol–water partition coefficient (Wildman–Crippen LogP) is 2.08. The molecule has 1 aromatic heterocycles. The molecular formula is C15H23N3O. The summed E-state index contributed by atoms with van der Waals surface area (Å²) < 4.78 is 5.38. The first kappa shape index (κ1) is 12.9. The van der Waals surface area contributed by atoms with E-state index in [2.05, 4.69) is 40.0 Å². The van der Waals surface area contributed by atoms with Gasteiger partial charge in [-0.25, -0.2) is 4.98 Å². The molecule has 19 heavy (non-hydrogen) atoms. The summed E-state index contributed by atoms with van der Waals surface area (Å²) in [5.41, 5.74) is 1.37. The molecule has 4 nitrogen and oxygen atoms in total. The van der Waals surface area contributed by atoms with E-state index in [4.69, 9.17) is 4.74 Å². The Morgan fingerprint density at radius 3 is 2.79 bits per heavy atom. The summed E-state index contributed by atoms with van der Waals surface area (Å²) in [4.78, 5) is 9.51. The molecule has 3 heterocycles. The average molecular weight is 261 g/mol. The number of likely N-dealkylation sites (tertiary alicyclic amines) is 1. The van der Waals surface area contributed by atoms with Gasteiger partial charge < -0.3 is 9.64 Å². The molecule has 0 aliphatic carbocycles. The second kappa shape index (κ2) is 5.88. The molecule has 2 fully saturated rings. The van der Waals surface area contributed by atoms with Crippen LogP contribution in [0.15, 0.2) is 18.3 Å². The van der Waals surface area contributed by atoms with E-state index in [0.29, 0.717) is 6.04 Å². The van der Waals surface area contributed by atoms with Crippen molar-refractivity contribution in [2.75, 3.05) is 44.3 Å². The highest BCUT2D eigenvalue weighted by atomic mass is 16.5. The number of pyridine rings is 1. The predicted molar refractivity (Wildman–Crippen MR) is 76.5 cm³/mol. The van der Waals surface area contributed by atoms with E-state index in [9.17, 15) is 0 Å². The number of anilines is 1. The summed E-state index contributed by atoms with van der Waals surface area (Å²) in [5, 5.41) is 0. The topological polar surface area (TPSA) is 28.6 Å². The van der Waals surface area contributed by atoms with Crippen LogP contribution in [-0.2, 0) is 4.74 Å². The van der Waals surface area contributed by atoms with Crippen LogP contribution in [0, 0.1) is 0 Å². The zero-order valence-corrected chi connectivity index (χ0v) is 11.7. The van der Waals surface area contributed by atoms with E-state index in [1.54, 1.807) is 0 Å². The molecular weight excluding hydrogens is 238 g/mol. The zero-order chi connectivity index (χ0) is 13.1. The van der Waals surface area contributed by atoms with Gasteiger partial charge in [-0.1, -0.05) is 13.0 Å². The van der Waals surface area contributed by atoms with Crippen molar-refractivity contribution in [3.63, 3.8) is 0 Å². The van der Waals surface area contributed by atoms with Crippen LogP contribution in [0.3, 0.4) is 0 Å². The van der Waals surface area contributed by atoms with Crippen molar-refractivity contribution in [2.24, 2.45) is 0 Å². The van der Waals surface area contributed by atoms with E-state index in [-0.39, 0.29) is 0 Å². The Bertz CT molecular complexity index is 400. The Labute approximate surface area is 115 Å². The fourth-order valence-corrected chi connectivity index (χ4v) is 3.16.